The Hall–Kier alpha value is -4.20. The van der Waals surface area contributed by atoms with Crippen LogP contribution in [0.15, 0.2) is 55.1 Å². The highest BCUT2D eigenvalue weighted by molar-refractivity contribution is 5.85. The number of rotatable bonds is 9. The minimum atomic E-state index is 0.150. The van der Waals surface area contributed by atoms with Gasteiger partial charge in [-0.2, -0.15) is 10.4 Å². The number of piperidine rings is 1. The van der Waals surface area contributed by atoms with Crippen molar-refractivity contribution >= 4 is 11.3 Å². The van der Waals surface area contributed by atoms with E-state index in [0.29, 0.717) is 30.1 Å². The third-order valence-corrected chi connectivity index (χ3v) is 9.94. The van der Waals surface area contributed by atoms with Gasteiger partial charge in [-0.15, -0.1) is 0 Å². The highest BCUT2D eigenvalue weighted by Crippen LogP contribution is 2.72. The lowest BCUT2D eigenvalue weighted by atomic mass is 9.36. The number of ether oxygens (including phenoxy) is 2. The Balaban J connectivity index is 0.982. The van der Waals surface area contributed by atoms with Gasteiger partial charge in [0.2, 0.25) is 5.88 Å². The summed E-state index contributed by atoms with van der Waals surface area (Å²) >= 11 is 0. The van der Waals surface area contributed by atoms with E-state index >= 15 is 0 Å². The largest absolute Gasteiger partial charge is 0.491 e. The topological polar surface area (TPSA) is 112 Å². The van der Waals surface area contributed by atoms with Gasteiger partial charge in [0.05, 0.1) is 37.2 Å². The number of aliphatic hydroxyl groups is 1. The number of pyridine rings is 3. The Morgan fingerprint density at radius 3 is 2.55 bits per heavy atom. The van der Waals surface area contributed by atoms with Crippen LogP contribution in [-0.2, 0) is 6.54 Å². The summed E-state index contributed by atoms with van der Waals surface area (Å²) in [6.45, 7) is 3.70. The summed E-state index contributed by atoms with van der Waals surface area (Å²) in [5.41, 5.74) is 4.63. The molecule has 3 saturated heterocycles. The molecular formula is C32H33N7O3. The summed E-state index contributed by atoms with van der Waals surface area (Å²) in [4.78, 5) is 14.2. The van der Waals surface area contributed by atoms with Gasteiger partial charge in [0.25, 0.3) is 0 Å². The highest BCUT2D eigenvalue weighted by Gasteiger charge is 2.67. The lowest BCUT2D eigenvalue weighted by Gasteiger charge is -2.69. The number of hydrogen-bond acceptors (Lipinski definition) is 9. The molecule has 6 aliphatic rings. The van der Waals surface area contributed by atoms with E-state index < -0.39 is 0 Å². The fourth-order valence-electron chi connectivity index (χ4n) is 7.97. The first-order valence-electron chi connectivity index (χ1n) is 14.6. The lowest BCUT2D eigenvalue weighted by molar-refractivity contribution is -0.235. The van der Waals surface area contributed by atoms with E-state index in [0.717, 1.165) is 67.1 Å². The summed E-state index contributed by atoms with van der Waals surface area (Å²) in [6, 6.07) is 13.5. The van der Waals surface area contributed by atoms with Gasteiger partial charge in [-0.05, 0) is 54.9 Å². The van der Waals surface area contributed by atoms with Crippen LogP contribution in [0.4, 0.5) is 5.82 Å². The van der Waals surface area contributed by atoms with Crippen molar-refractivity contribution in [2.45, 2.75) is 44.3 Å². The van der Waals surface area contributed by atoms with Crippen molar-refractivity contribution in [3.8, 4) is 28.8 Å². The number of fused-ring (bicyclic) bond motifs is 3. The second kappa shape index (κ2) is 9.41. The maximum absolute atomic E-state index is 9.76. The first kappa shape index (κ1) is 25.5. The molecule has 3 aliphatic heterocycles. The van der Waals surface area contributed by atoms with Crippen LogP contribution in [0, 0.1) is 22.2 Å². The second-order valence-corrected chi connectivity index (χ2v) is 12.8. The van der Waals surface area contributed by atoms with Crippen molar-refractivity contribution in [3.63, 3.8) is 0 Å². The van der Waals surface area contributed by atoms with Gasteiger partial charge < -0.3 is 19.5 Å². The predicted molar refractivity (Wildman–Crippen MR) is 155 cm³/mol. The van der Waals surface area contributed by atoms with Crippen LogP contribution in [0.1, 0.15) is 36.8 Å². The molecule has 4 aromatic rings. The first-order valence-corrected chi connectivity index (χ1v) is 14.6. The van der Waals surface area contributed by atoms with E-state index in [2.05, 4.69) is 44.2 Å². The van der Waals surface area contributed by atoms with E-state index in [1.165, 1.54) is 12.0 Å². The zero-order valence-corrected chi connectivity index (χ0v) is 23.6. The Morgan fingerprint density at radius 1 is 1.05 bits per heavy atom. The fraction of sp³-hybridized carbons (Fsp3) is 0.438. The molecule has 1 N–H and O–H groups in total. The zero-order chi connectivity index (χ0) is 28.5. The van der Waals surface area contributed by atoms with Crippen molar-refractivity contribution in [2.75, 3.05) is 38.3 Å². The molecular weight excluding hydrogens is 530 g/mol. The van der Waals surface area contributed by atoms with E-state index in [-0.39, 0.29) is 17.4 Å². The number of aliphatic hydroxyl groups excluding tert-OH is 1. The molecule has 4 aromatic heterocycles. The summed E-state index contributed by atoms with van der Waals surface area (Å²) in [6.07, 6.45) is 11.6. The van der Waals surface area contributed by atoms with Gasteiger partial charge in [-0.3, -0.25) is 4.90 Å². The smallest absolute Gasteiger partial charge is 0.212 e. The molecule has 10 nitrogen and oxygen atoms in total. The van der Waals surface area contributed by atoms with E-state index in [4.69, 9.17) is 14.5 Å². The number of methoxy groups -OCH3 is 1. The number of piperazine rings is 1. The molecule has 2 atom stereocenters. The number of nitrogens with zero attached hydrogens (tertiary/aromatic N) is 7. The van der Waals surface area contributed by atoms with Gasteiger partial charge in [0, 0.05) is 73.3 Å². The molecule has 3 aliphatic carbocycles. The van der Waals surface area contributed by atoms with E-state index in [9.17, 15) is 10.4 Å². The molecule has 4 bridgehead atoms. The Morgan fingerprint density at radius 2 is 1.88 bits per heavy atom. The van der Waals surface area contributed by atoms with Gasteiger partial charge in [-0.1, -0.05) is 6.07 Å². The second-order valence-electron chi connectivity index (χ2n) is 12.8. The van der Waals surface area contributed by atoms with Crippen molar-refractivity contribution in [2.24, 2.45) is 10.8 Å². The van der Waals surface area contributed by atoms with Crippen LogP contribution in [0.5, 0.6) is 11.6 Å². The number of anilines is 1. The number of nitriles is 1. The first-order chi connectivity index (χ1) is 20.5. The van der Waals surface area contributed by atoms with Crippen LogP contribution in [0.3, 0.4) is 0 Å². The lowest BCUT2D eigenvalue weighted by Crippen LogP contribution is -2.68. The Labute approximate surface area is 244 Å². The Bertz CT molecular complexity index is 1660. The average Bonchev–Trinajstić information content (AvgIpc) is 3.42. The van der Waals surface area contributed by atoms with Crippen LogP contribution in [0.25, 0.3) is 16.6 Å². The monoisotopic (exact) mass is 563 g/mol. The minimum Gasteiger partial charge on any atom is -0.491 e. The van der Waals surface area contributed by atoms with Crippen LogP contribution in [-0.4, -0.2) is 75.1 Å². The third-order valence-electron chi connectivity index (χ3n) is 9.94. The summed E-state index contributed by atoms with van der Waals surface area (Å²) < 4.78 is 13.2. The zero-order valence-electron chi connectivity index (χ0n) is 23.6. The standard InChI is InChI=1S/C32H33N7O3/c1-41-29-5-2-21(9-35-29)12-38-24-6-25(38)14-37(13-24)28-4-3-22(10-34-28)27-7-26(15-39-30(27)23(8-33)11-36-39)42-20-32-16-31(17-32,18-32)19-40/h2-5,7,9-11,15,24-25,40H,6,12-14,16-20H2,1H3. The summed E-state index contributed by atoms with van der Waals surface area (Å²) in [7, 11) is 1.64. The molecule has 7 heterocycles. The quantitative estimate of drug-likeness (QED) is 0.326. The SMILES string of the molecule is COc1ccc(CN2C3CC2CN(c2ccc(-c4cc(OCC56CC(CO)(C5)C6)cn5ncc(C#N)c45)cn2)C3)cn1. The van der Waals surface area contributed by atoms with Crippen LogP contribution < -0.4 is 14.4 Å². The maximum atomic E-state index is 9.76. The third kappa shape index (κ3) is 4.02. The molecule has 0 spiro atoms. The van der Waals surface area contributed by atoms with E-state index in [1.54, 1.807) is 17.8 Å². The van der Waals surface area contributed by atoms with Crippen molar-refractivity contribution < 1.29 is 14.6 Å². The molecule has 0 aromatic carbocycles. The van der Waals surface area contributed by atoms with Gasteiger partial charge in [-0.25, -0.2) is 14.5 Å². The Kier molecular flexibility index (Phi) is 5.71. The van der Waals surface area contributed by atoms with Crippen molar-refractivity contribution in [1.29, 1.82) is 5.26 Å². The number of aromatic nitrogens is 4. The molecule has 214 valence electrons. The van der Waals surface area contributed by atoms with Crippen LogP contribution in [0.2, 0.25) is 0 Å². The predicted octanol–water partition coefficient (Wildman–Crippen LogP) is 3.68. The van der Waals surface area contributed by atoms with E-state index in [1.807, 2.05) is 30.7 Å². The van der Waals surface area contributed by atoms with Gasteiger partial charge >= 0.3 is 0 Å². The minimum absolute atomic E-state index is 0.150. The molecule has 6 fully saturated rings. The fourth-order valence-corrected chi connectivity index (χ4v) is 7.97. The summed E-state index contributed by atoms with van der Waals surface area (Å²) in [5, 5.41) is 23.8. The number of hydrogen-bond donors (Lipinski definition) is 1. The van der Waals surface area contributed by atoms with Gasteiger partial charge in [0.1, 0.15) is 17.6 Å². The van der Waals surface area contributed by atoms with Gasteiger partial charge in [0.15, 0.2) is 0 Å². The molecule has 0 radical (unpaired) electrons. The molecule has 3 saturated carbocycles. The normalized spacial score (nSPS) is 27.5. The molecule has 0 amide bonds. The average molecular weight is 564 g/mol. The van der Waals surface area contributed by atoms with Crippen LogP contribution >= 0.6 is 0 Å². The summed E-state index contributed by atoms with van der Waals surface area (Å²) in [5.74, 6) is 2.33. The maximum Gasteiger partial charge on any atom is 0.212 e. The van der Waals surface area contributed by atoms with Crippen molar-refractivity contribution in [1.82, 2.24) is 24.5 Å². The molecule has 10 heteroatoms. The molecule has 10 rings (SSSR count). The molecule has 42 heavy (non-hydrogen) atoms. The highest BCUT2D eigenvalue weighted by atomic mass is 16.5. The molecule has 2 unspecified atom stereocenters. The van der Waals surface area contributed by atoms with Crippen molar-refractivity contribution in [3.05, 3.63) is 66.2 Å².